The molecule has 2 aromatic carbocycles. The summed E-state index contributed by atoms with van der Waals surface area (Å²) in [4.78, 5) is 43.1. The number of hydroxylamine groups is 1. The van der Waals surface area contributed by atoms with E-state index in [4.69, 9.17) is 4.84 Å². The van der Waals surface area contributed by atoms with Gasteiger partial charge in [-0.25, -0.2) is 5.48 Å². The lowest BCUT2D eigenvalue weighted by Gasteiger charge is -2.21. The Balaban J connectivity index is 2.12. The van der Waals surface area contributed by atoms with Crippen LogP contribution < -0.4 is 16.1 Å². The second kappa shape index (κ2) is 13.6. The van der Waals surface area contributed by atoms with Crippen LogP contribution in [0.4, 0.5) is 0 Å². The lowest BCUT2D eigenvalue weighted by Crippen LogP contribution is -2.47. The third-order valence-electron chi connectivity index (χ3n) is 5.66. The van der Waals surface area contributed by atoms with E-state index < -0.39 is 12.0 Å². The van der Waals surface area contributed by atoms with Gasteiger partial charge < -0.3 is 10.6 Å². The highest BCUT2D eigenvalue weighted by atomic mass is 16.7. The molecule has 2 unspecified atom stereocenters. The average molecular weight is 456 g/mol. The normalized spacial score (nSPS) is 12.9. The van der Waals surface area contributed by atoms with Gasteiger partial charge in [0.2, 0.25) is 17.7 Å². The van der Waals surface area contributed by atoms with Crippen LogP contribution in [0.25, 0.3) is 10.8 Å². The Morgan fingerprint density at radius 1 is 0.939 bits per heavy atom. The molecule has 0 bridgehead atoms. The average Bonchev–Trinajstić information content (AvgIpc) is 2.81. The van der Waals surface area contributed by atoms with E-state index in [9.17, 15) is 14.4 Å². The van der Waals surface area contributed by atoms with Crippen LogP contribution >= 0.6 is 0 Å². The maximum absolute atomic E-state index is 13.0. The number of hydrogen-bond acceptors (Lipinski definition) is 4. The topological polar surface area (TPSA) is 96.5 Å². The van der Waals surface area contributed by atoms with E-state index in [-0.39, 0.29) is 30.2 Å². The maximum Gasteiger partial charge on any atom is 0.244 e. The molecule has 0 aliphatic rings. The monoisotopic (exact) mass is 455 g/mol. The van der Waals surface area contributed by atoms with Gasteiger partial charge >= 0.3 is 0 Å². The van der Waals surface area contributed by atoms with Gasteiger partial charge in [0.25, 0.3) is 0 Å². The smallest absolute Gasteiger partial charge is 0.244 e. The molecule has 0 aromatic heterocycles. The molecule has 180 valence electrons. The van der Waals surface area contributed by atoms with Crippen LogP contribution in [-0.4, -0.2) is 36.9 Å². The van der Waals surface area contributed by atoms with E-state index in [1.165, 1.54) is 7.05 Å². The lowest BCUT2D eigenvalue weighted by molar-refractivity contribution is -0.142. The molecule has 2 rings (SSSR count). The lowest BCUT2D eigenvalue weighted by atomic mass is 9.93. The largest absolute Gasteiger partial charge is 0.357 e. The maximum atomic E-state index is 13.0. The van der Waals surface area contributed by atoms with E-state index >= 15 is 0 Å². The molecule has 0 saturated carbocycles. The molecule has 0 aliphatic heterocycles. The Hall–Kier alpha value is -2.93. The van der Waals surface area contributed by atoms with Gasteiger partial charge in [0.15, 0.2) is 0 Å². The van der Waals surface area contributed by atoms with E-state index in [0.717, 1.165) is 42.0 Å². The van der Waals surface area contributed by atoms with Crippen molar-refractivity contribution < 1.29 is 19.2 Å². The van der Waals surface area contributed by atoms with Crippen molar-refractivity contribution in [3.63, 3.8) is 0 Å². The van der Waals surface area contributed by atoms with Crippen molar-refractivity contribution in [2.24, 2.45) is 5.92 Å². The number of likely N-dealkylation sites (N-methyl/N-ethyl adjacent to an activating group) is 1. The number of fused-ring (bicyclic) bond motifs is 1. The van der Waals surface area contributed by atoms with Gasteiger partial charge in [0, 0.05) is 13.5 Å². The molecular weight excluding hydrogens is 418 g/mol. The first-order valence-electron chi connectivity index (χ1n) is 11.8. The Morgan fingerprint density at radius 2 is 1.61 bits per heavy atom. The zero-order chi connectivity index (χ0) is 24.2. The Labute approximate surface area is 196 Å². The third-order valence-corrected chi connectivity index (χ3v) is 5.66. The molecule has 0 spiro atoms. The number of hydrogen-bond donors (Lipinski definition) is 3. The molecule has 0 fully saturated rings. The molecule has 2 atom stereocenters. The first kappa shape index (κ1) is 26.3. The number of amides is 3. The summed E-state index contributed by atoms with van der Waals surface area (Å²) in [5.41, 5.74) is 3.49. The summed E-state index contributed by atoms with van der Waals surface area (Å²) in [5.74, 6) is -1.62. The predicted octanol–water partition coefficient (Wildman–Crippen LogP) is 3.66. The van der Waals surface area contributed by atoms with E-state index in [1.807, 2.05) is 42.5 Å². The molecule has 0 heterocycles. The summed E-state index contributed by atoms with van der Waals surface area (Å²) in [6.07, 6.45) is 3.94. The van der Waals surface area contributed by atoms with Gasteiger partial charge in [-0.1, -0.05) is 69.2 Å². The van der Waals surface area contributed by atoms with Crippen molar-refractivity contribution >= 4 is 28.5 Å². The molecule has 3 N–H and O–H groups in total. The van der Waals surface area contributed by atoms with Gasteiger partial charge in [-0.3, -0.25) is 19.2 Å². The van der Waals surface area contributed by atoms with Crippen LogP contribution in [0, 0.1) is 5.92 Å². The Morgan fingerprint density at radius 3 is 2.24 bits per heavy atom. The minimum Gasteiger partial charge on any atom is -0.357 e. The summed E-state index contributed by atoms with van der Waals surface area (Å²) < 4.78 is 0. The standard InChI is InChI=1S/C26H37N3O4/c1-5-9-23(10-6-2)33-29-24(30)17-22(26(32)28-18(3)25(31)27-4)16-19-13-14-20-11-7-8-12-21(20)15-19/h7-8,11-15,18,22-23H,5-6,9-10,16-17H2,1-4H3,(H,27,31)(H,28,32)(H,29,30). The molecule has 3 amide bonds. The van der Waals surface area contributed by atoms with Crippen LogP contribution in [0.1, 0.15) is 58.4 Å². The van der Waals surface area contributed by atoms with Gasteiger partial charge in [0.05, 0.1) is 12.0 Å². The van der Waals surface area contributed by atoms with Crippen molar-refractivity contribution in [1.29, 1.82) is 0 Å². The predicted molar refractivity (Wildman–Crippen MR) is 130 cm³/mol. The zero-order valence-electron chi connectivity index (χ0n) is 20.1. The number of carbonyl (C=O) groups excluding carboxylic acids is 3. The molecule has 7 nitrogen and oxygen atoms in total. The number of nitrogens with one attached hydrogen (secondary N) is 3. The van der Waals surface area contributed by atoms with Crippen molar-refractivity contribution in [2.45, 2.75) is 71.4 Å². The number of carbonyl (C=O) groups is 3. The fourth-order valence-electron chi connectivity index (χ4n) is 3.84. The molecular formula is C26H37N3O4. The van der Waals surface area contributed by atoms with Gasteiger partial charge in [0.1, 0.15) is 6.04 Å². The Kier molecular flexibility index (Phi) is 10.8. The first-order valence-corrected chi connectivity index (χ1v) is 11.8. The molecule has 0 aliphatic carbocycles. The quantitative estimate of drug-likeness (QED) is 0.402. The van der Waals surface area contributed by atoms with Crippen LogP contribution in [0.5, 0.6) is 0 Å². The molecule has 33 heavy (non-hydrogen) atoms. The van der Waals surface area contributed by atoms with E-state index in [1.54, 1.807) is 6.92 Å². The summed E-state index contributed by atoms with van der Waals surface area (Å²) in [6, 6.07) is 13.3. The van der Waals surface area contributed by atoms with Crippen molar-refractivity contribution in [1.82, 2.24) is 16.1 Å². The minimum atomic E-state index is -0.695. The fourth-order valence-corrected chi connectivity index (χ4v) is 3.84. The zero-order valence-corrected chi connectivity index (χ0v) is 20.1. The SMILES string of the molecule is CCCC(CCC)ONC(=O)CC(Cc1ccc2ccccc2c1)C(=O)NC(C)C(=O)NC. The van der Waals surface area contributed by atoms with Crippen LogP contribution in [-0.2, 0) is 25.6 Å². The molecule has 0 saturated heterocycles. The van der Waals surface area contributed by atoms with E-state index in [2.05, 4.69) is 30.0 Å². The summed E-state index contributed by atoms with van der Waals surface area (Å²) >= 11 is 0. The highest BCUT2D eigenvalue weighted by Crippen LogP contribution is 2.20. The molecule has 0 radical (unpaired) electrons. The van der Waals surface area contributed by atoms with Crippen molar-refractivity contribution in [3.8, 4) is 0 Å². The van der Waals surface area contributed by atoms with Crippen LogP contribution in [0.15, 0.2) is 42.5 Å². The molecule has 2 aromatic rings. The van der Waals surface area contributed by atoms with Crippen LogP contribution in [0.2, 0.25) is 0 Å². The van der Waals surface area contributed by atoms with Crippen molar-refractivity contribution in [2.75, 3.05) is 7.05 Å². The summed E-state index contributed by atoms with van der Waals surface area (Å²) in [5, 5.41) is 7.43. The Bertz CT molecular complexity index is 925. The number of benzene rings is 2. The third kappa shape index (κ3) is 8.50. The highest BCUT2D eigenvalue weighted by Gasteiger charge is 2.26. The first-order chi connectivity index (χ1) is 15.9. The fraction of sp³-hybridized carbons (Fsp3) is 0.500. The van der Waals surface area contributed by atoms with Gasteiger partial charge in [-0.05, 0) is 42.5 Å². The minimum absolute atomic E-state index is 0.0370. The second-order valence-electron chi connectivity index (χ2n) is 8.47. The number of rotatable bonds is 13. The van der Waals surface area contributed by atoms with E-state index in [0.29, 0.717) is 6.42 Å². The summed E-state index contributed by atoms with van der Waals surface area (Å²) in [7, 11) is 1.52. The van der Waals surface area contributed by atoms with Gasteiger partial charge in [-0.15, -0.1) is 0 Å². The second-order valence-corrected chi connectivity index (χ2v) is 8.47. The van der Waals surface area contributed by atoms with Crippen molar-refractivity contribution in [3.05, 3.63) is 48.0 Å². The highest BCUT2D eigenvalue weighted by molar-refractivity contribution is 5.90. The summed E-state index contributed by atoms with van der Waals surface area (Å²) in [6.45, 7) is 5.77. The van der Waals surface area contributed by atoms with Crippen LogP contribution in [0.3, 0.4) is 0 Å². The van der Waals surface area contributed by atoms with Gasteiger partial charge in [-0.2, -0.15) is 0 Å². The molecule has 7 heteroatoms.